The molecule has 3 atom stereocenters. The number of aromatic nitrogens is 3. The van der Waals surface area contributed by atoms with Gasteiger partial charge >= 0.3 is 6.09 Å². The molecule has 1 aliphatic heterocycles. The number of hydrogen-bond donors (Lipinski definition) is 1. The monoisotopic (exact) mass is 773 g/mol. The van der Waals surface area contributed by atoms with Gasteiger partial charge in [-0.25, -0.2) is 9.78 Å². The summed E-state index contributed by atoms with van der Waals surface area (Å²) in [6.07, 6.45) is 3.49. The molecule has 1 saturated carbocycles. The van der Waals surface area contributed by atoms with Crippen molar-refractivity contribution < 1.29 is 23.7 Å². The third kappa shape index (κ3) is 6.72. The summed E-state index contributed by atoms with van der Waals surface area (Å²) >= 11 is 2.35. The van der Waals surface area contributed by atoms with Crippen LogP contribution in [-0.2, 0) is 11.3 Å². The maximum Gasteiger partial charge on any atom is 0.410 e. The van der Waals surface area contributed by atoms with E-state index >= 15 is 0 Å². The van der Waals surface area contributed by atoms with Crippen molar-refractivity contribution in [2.75, 3.05) is 26.1 Å². The summed E-state index contributed by atoms with van der Waals surface area (Å²) in [4.78, 5) is 20.1. The Labute approximate surface area is 299 Å². The first-order valence-electron chi connectivity index (χ1n) is 16.5. The highest BCUT2D eigenvalue weighted by Gasteiger charge is 2.50. The normalized spacial score (nSPS) is 18.5. The molecule has 1 N–H and O–H groups in total. The van der Waals surface area contributed by atoms with Crippen molar-refractivity contribution >= 4 is 45.4 Å². The lowest BCUT2D eigenvalue weighted by Crippen LogP contribution is -2.45. The van der Waals surface area contributed by atoms with Crippen LogP contribution < -0.4 is 19.5 Å². The molecule has 1 saturated heterocycles. The number of carbonyl (C=O) groups is 1. The number of para-hydroxylation sites is 1. The lowest BCUT2D eigenvalue weighted by molar-refractivity contribution is 0.0136. The van der Waals surface area contributed by atoms with Gasteiger partial charge in [-0.1, -0.05) is 18.2 Å². The first-order chi connectivity index (χ1) is 23.6. The van der Waals surface area contributed by atoms with Crippen molar-refractivity contribution in [3.05, 3.63) is 88.1 Å². The highest BCUT2D eigenvalue weighted by atomic mass is 127. The minimum atomic E-state index is -0.565. The molecule has 1 amide bonds. The molecule has 2 aliphatic rings. The van der Waals surface area contributed by atoms with Gasteiger partial charge < -0.3 is 29.2 Å². The fraction of sp³-hybridized carbons (Fsp3) is 0.342. The number of ether oxygens (including phenoxy) is 4. The molecule has 2 aromatic heterocycles. The largest absolute Gasteiger partial charge is 0.497 e. The van der Waals surface area contributed by atoms with Crippen LogP contribution in [0.2, 0.25) is 0 Å². The first-order valence-corrected chi connectivity index (χ1v) is 17.5. The molecule has 3 heterocycles. The number of rotatable bonds is 9. The third-order valence-corrected chi connectivity index (χ3v) is 9.91. The van der Waals surface area contributed by atoms with E-state index < -0.39 is 5.60 Å². The lowest BCUT2D eigenvalue weighted by Gasteiger charge is -2.35. The van der Waals surface area contributed by atoms with Crippen molar-refractivity contribution in [1.29, 1.82) is 0 Å². The molecule has 1 aliphatic carbocycles. The van der Waals surface area contributed by atoms with Gasteiger partial charge in [0.2, 0.25) is 0 Å². The number of halogens is 1. The Balaban J connectivity index is 1.29. The van der Waals surface area contributed by atoms with Crippen molar-refractivity contribution in [2.24, 2.45) is 5.92 Å². The summed E-state index contributed by atoms with van der Waals surface area (Å²) in [5.74, 6) is 4.06. The van der Waals surface area contributed by atoms with Crippen molar-refractivity contribution in [3.63, 3.8) is 0 Å². The standard InChI is InChI=1S/C38H40IN5O5/c1-38(2,3)49-37(45)43-22-23-17-30(43)31(18-23)44-35-29(39)21-41-36(40-20-25-13-16-28(46-4)19-32(25)47-5)33(35)34(42-44)24-11-14-27(15-12-24)48-26-9-7-6-8-10-26/h6-16,19,21,23,30-31H,17-18,20,22H2,1-5H3,(H,40,41). The molecule has 5 aromatic rings. The van der Waals surface area contributed by atoms with E-state index in [1.807, 2.05) is 105 Å². The Kier molecular flexibility index (Phi) is 9.03. The number of pyridine rings is 1. The van der Waals surface area contributed by atoms with Crippen LogP contribution >= 0.6 is 22.6 Å². The van der Waals surface area contributed by atoms with Gasteiger partial charge in [0.15, 0.2) is 0 Å². The number of amides is 1. The molecule has 0 spiro atoms. The molecular formula is C38H40IN5O5. The maximum absolute atomic E-state index is 13.3. The van der Waals surface area contributed by atoms with Gasteiger partial charge in [-0.15, -0.1) is 0 Å². The number of benzene rings is 3. The van der Waals surface area contributed by atoms with E-state index in [2.05, 4.69) is 32.6 Å². The second-order valence-corrected chi connectivity index (χ2v) is 14.7. The van der Waals surface area contributed by atoms with Gasteiger partial charge in [-0.05, 0) is 111 Å². The average Bonchev–Trinajstić information content (AvgIpc) is 3.82. The first kappa shape index (κ1) is 33.0. The molecular weight excluding hydrogens is 733 g/mol. The van der Waals surface area contributed by atoms with Crippen molar-refractivity contribution in [1.82, 2.24) is 19.7 Å². The molecule has 49 heavy (non-hydrogen) atoms. The Morgan fingerprint density at radius 3 is 2.35 bits per heavy atom. The van der Waals surface area contributed by atoms with Crippen molar-refractivity contribution in [2.45, 2.75) is 57.8 Å². The van der Waals surface area contributed by atoms with E-state index in [1.165, 1.54) is 0 Å². The topological polar surface area (TPSA) is 100.0 Å². The number of carbonyl (C=O) groups excluding carboxylic acids is 1. The van der Waals surface area contributed by atoms with E-state index in [4.69, 9.17) is 29.0 Å². The maximum atomic E-state index is 13.3. The Morgan fingerprint density at radius 2 is 1.65 bits per heavy atom. The predicted octanol–water partition coefficient (Wildman–Crippen LogP) is 8.69. The minimum Gasteiger partial charge on any atom is -0.497 e. The SMILES string of the molecule is COc1ccc(CNc2ncc(I)c3c2c(-c2ccc(Oc4ccccc4)cc2)nn3C2CC3CC2N(C(=O)OC(C)(C)C)C3)c(OC)c1. The third-order valence-electron chi connectivity index (χ3n) is 9.12. The summed E-state index contributed by atoms with van der Waals surface area (Å²) in [5.41, 5.74) is 3.13. The number of nitrogens with zero attached hydrogens (tertiary/aromatic N) is 4. The highest BCUT2D eigenvalue weighted by molar-refractivity contribution is 14.1. The molecule has 2 fully saturated rings. The second-order valence-electron chi connectivity index (χ2n) is 13.5. The van der Waals surface area contributed by atoms with Crippen LogP contribution in [-0.4, -0.2) is 58.2 Å². The van der Waals surface area contributed by atoms with Crippen LogP contribution in [0.3, 0.4) is 0 Å². The zero-order valence-electron chi connectivity index (χ0n) is 28.3. The molecule has 11 heteroatoms. The Morgan fingerprint density at radius 1 is 0.939 bits per heavy atom. The highest BCUT2D eigenvalue weighted by Crippen LogP contribution is 2.48. The van der Waals surface area contributed by atoms with Crippen LogP contribution in [0.25, 0.3) is 22.2 Å². The summed E-state index contributed by atoms with van der Waals surface area (Å²) in [6.45, 7) is 6.91. The number of methoxy groups -OCH3 is 2. The van der Waals surface area contributed by atoms with Crippen LogP contribution in [0.1, 0.15) is 45.2 Å². The van der Waals surface area contributed by atoms with E-state index in [1.54, 1.807) is 14.2 Å². The van der Waals surface area contributed by atoms with Gasteiger partial charge in [-0.2, -0.15) is 5.10 Å². The summed E-state index contributed by atoms with van der Waals surface area (Å²) in [5, 5.41) is 9.86. The number of anilines is 1. The quantitative estimate of drug-likeness (QED) is 0.149. The van der Waals surface area contributed by atoms with Gasteiger partial charge in [0.25, 0.3) is 0 Å². The number of fused-ring (bicyclic) bond motifs is 3. The smallest absolute Gasteiger partial charge is 0.410 e. The van der Waals surface area contributed by atoms with Crippen molar-refractivity contribution in [3.8, 4) is 34.3 Å². The number of nitrogens with one attached hydrogen (secondary N) is 1. The van der Waals surface area contributed by atoms with E-state index in [-0.39, 0.29) is 18.2 Å². The zero-order chi connectivity index (χ0) is 34.3. The number of hydrogen-bond acceptors (Lipinski definition) is 8. The van der Waals surface area contributed by atoms with Crippen LogP contribution in [0.4, 0.5) is 10.6 Å². The second kappa shape index (κ2) is 13.4. The van der Waals surface area contributed by atoms with E-state index in [0.29, 0.717) is 24.8 Å². The summed E-state index contributed by atoms with van der Waals surface area (Å²) < 4.78 is 26.1. The van der Waals surface area contributed by atoms with Crippen LogP contribution in [0.15, 0.2) is 79.0 Å². The van der Waals surface area contributed by atoms with E-state index in [9.17, 15) is 4.79 Å². The Bertz CT molecular complexity index is 1980. The van der Waals surface area contributed by atoms with Gasteiger partial charge in [-0.3, -0.25) is 4.68 Å². The zero-order valence-corrected chi connectivity index (χ0v) is 30.4. The van der Waals surface area contributed by atoms with Crippen LogP contribution in [0.5, 0.6) is 23.0 Å². The molecule has 3 unspecified atom stereocenters. The molecule has 7 rings (SSSR count). The van der Waals surface area contributed by atoms with Gasteiger partial charge in [0.05, 0.1) is 40.8 Å². The van der Waals surface area contributed by atoms with Gasteiger partial charge in [0.1, 0.15) is 40.1 Å². The minimum absolute atomic E-state index is 0.00588. The Hall–Kier alpha value is -4.52. The fourth-order valence-corrected chi connectivity index (χ4v) is 7.63. The molecule has 10 nitrogen and oxygen atoms in total. The summed E-state index contributed by atoms with van der Waals surface area (Å²) in [7, 11) is 3.30. The lowest BCUT2D eigenvalue weighted by atomic mass is 10.1. The molecule has 0 radical (unpaired) electrons. The summed E-state index contributed by atoms with van der Waals surface area (Å²) in [6, 6.07) is 23.5. The van der Waals surface area contributed by atoms with Gasteiger partial charge in [0, 0.05) is 36.5 Å². The molecule has 254 valence electrons. The fourth-order valence-electron chi connectivity index (χ4n) is 6.98. The molecule has 3 aromatic carbocycles. The molecule has 2 bridgehead atoms. The van der Waals surface area contributed by atoms with E-state index in [0.717, 1.165) is 67.1 Å². The van der Waals surface area contributed by atoms with Crippen LogP contribution in [0, 0.1) is 9.49 Å². The predicted molar refractivity (Wildman–Crippen MR) is 198 cm³/mol. The average molecular weight is 774 g/mol. The number of piperidine rings is 1. The number of likely N-dealkylation sites (tertiary alicyclic amines) is 1.